The molecule has 2 amide bonds. The van der Waals surface area contributed by atoms with Gasteiger partial charge in [-0.3, -0.25) is 13.9 Å². The fourth-order valence-corrected chi connectivity index (χ4v) is 5.33. The Bertz CT molecular complexity index is 1430. The third kappa shape index (κ3) is 9.23. The van der Waals surface area contributed by atoms with Crippen LogP contribution in [0.2, 0.25) is 5.02 Å². The van der Waals surface area contributed by atoms with E-state index in [2.05, 4.69) is 5.32 Å². The van der Waals surface area contributed by atoms with Crippen LogP contribution in [0.3, 0.4) is 0 Å². The average molecular weight is 600 g/mol. The Kier molecular flexibility index (Phi) is 11.2. The lowest BCUT2D eigenvalue weighted by Crippen LogP contribution is -2.53. The summed E-state index contributed by atoms with van der Waals surface area (Å²) in [5.41, 5.74) is 2.87. The van der Waals surface area contributed by atoms with Crippen molar-refractivity contribution in [3.05, 3.63) is 94.5 Å². The smallest absolute Gasteiger partial charge is 0.244 e. The van der Waals surface area contributed by atoms with Crippen molar-refractivity contribution in [1.29, 1.82) is 0 Å². The van der Waals surface area contributed by atoms with Gasteiger partial charge in [-0.05, 0) is 42.2 Å². The minimum Gasteiger partial charge on any atom is -0.495 e. The summed E-state index contributed by atoms with van der Waals surface area (Å²) in [5, 5.41) is 3.26. The molecular weight excluding hydrogens is 562 g/mol. The third-order valence-corrected chi connectivity index (χ3v) is 7.88. The van der Waals surface area contributed by atoms with Crippen molar-refractivity contribution in [3.63, 3.8) is 0 Å². The number of carbonyl (C=O) groups excluding carboxylic acids is 2. The van der Waals surface area contributed by atoms with E-state index >= 15 is 0 Å². The van der Waals surface area contributed by atoms with Crippen molar-refractivity contribution in [2.24, 2.45) is 5.92 Å². The van der Waals surface area contributed by atoms with Crippen LogP contribution in [0.1, 0.15) is 30.5 Å². The van der Waals surface area contributed by atoms with E-state index in [1.165, 1.54) is 18.1 Å². The lowest BCUT2D eigenvalue weighted by Gasteiger charge is -2.34. The summed E-state index contributed by atoms with van der Waals surface area (Å²) >= 11 is 6.20. The summed E-state index contributed by atoms with van der Waals surface area (Å²) in [6, 6.07) is 20.8. The van der Waals surface area contributed by atoms with E-state index in [-0.39, 0.29) is 41.3 Å². The van der Waals surface area contributed by atoms with Crippen LogP contribution in [0.5, 0.6) is 5.75 Å². The van der Waals surface area contributed by atoms with Gasteiger partial charge in [0.15, 0.2) is 0 Å². The number of hydrogen-bond acceptors (Lipinski definition) is 5. The first-order valence-corrected chi connectivity index (χ1v) is 15.6. The number of benzene rings is 3. The lowest BCUT2D eigenvalue weighted by molar-refractivity contribution is -0.140. The number of nitrogens with one attached hydrogen (secondary N) is 1. The Balaban J connectivity index is 2.08. The molecule has 220 valence electrons. The highest BCUT2D eigenvalue weighted by Crippen LogP contribution is 2.33. The van der Waals surface area contributed by atoms with Crippen LogP contribution in [-0.4, -0.2) is 57.6 Å². The second-order valence-corrected chi connectivity index (χ2v) is 12.8. The SMILES string of the molecule is COc1ccc(Cl)cc1N(CC(=O)N(Cc1ccc(C)cc1)[C@H](Cc1ccccc1)C(=O)NCC(C)C)S(C)(=O)=O. The molecule has 0 saturated carbocycles. The molecule has 0 aliphatic rings. The van der Waals surface area contributed by atoms with Crippen molar-refractivity contribution in [3.8, 4) is 5.75 Å². The highest BCUT2D eigenvalue weighted by Gasteiger charge is 2.33. The van der Waals surface area contributed by atoms with E-state index in [1.807, 2.05) is 75.4 Å². The third-order valence-electron chi connectivity index (χ3n) is 6.52. The van der Waals surface area contributed by atoms with Gasteiger partial charge >= 0.3 is 0 Å². The van der Waals surface area contributed by atoms with Gasteiger partial charge in [-0.25, -0.2) is 8.42 Å². The van der Waals surface area contributed by atoms with Crippen LogP contribution in [0, 0.1) is 12.8 Å². The molecule has 0 aliphatic heterocycles. The molecule has 0 aromatic heterocycles. The zero-order chi connectivity index (χ0) is 30.2. The summed E-state index contributed by atoms with van der Waals surface area (Å²) in [4.78, 5) is 29.3. The molecule has 0 bridgehead atoms. The van der Waals surface area contributed by atoms with E-state index < -0.39 is 28.5 Å². The van der Waals surface area contributed by atoms with Crippen molar-refractivity contribution < 1.29 is 22.7 Å². The number of hydrogen-bond donors (Lipinski definition) is 1. The van der Waals surface area contributed by atoms with Gasteiger partial charge in [0.1, 0.15) is 18.3 Å². The molecule has 0 aliphatic carbocycles. The predicted molar refractivity (Wildman–Crippen MR) is 164 cm³/mol. The van der Waals surface area contributed by atoms with Crippen LogP contribution in [0.25, 0.3) is 0 Å². The number of carbonyl (C=O) groups is 2. The second kappa shape index (κ2) is 14.4. The van der Waals surface area contributed by atoms with Crippen molar-refractivity contribution >= 4 is 39.1 Å². The number of sulfonamides is 1. The molecule has 3 aromatic carbocycles. The maximum atomic E-state index is 14.2. The highest BCUT2D eigenvalue weighted by molar-refractivity contribution is 7.92. The topological polar surface area (TPSA) is 96.0 Å². The monoisotopic (exact) mass is 599 g/mol. The predicted octanol–water partition coefficient (Wildman–Crippen LogP) is 4.84. The minimum absolute atomic E-state index is 0.107. The van der Waals surface area contributed by atoms with Gasteiger partial charge in [-0.15, -0.1) is 0 Å². The summed E-state index contributed by atoms with van der Waals surface area (Å²) in [6.07, 6.45) is 1.27. The molecule has 41 heavy (non-hydrogen) atoms. The first kappa shape index (κ1) is 32.0. The van der Waals surface area contributed by atoms with Crippen molar-refractivity contribution in [1.82, 2.24) is 10.2 Å². The molecule has 0 spiro atoms. The molecule has 0 fully saturated rings. The zero-order valence-electron chi connectivity index (χ0n) is 24.1. The van der Waals surface area contributed by atoms with Crippen LogP contribution in [0.15, 0.2) is 72.8 Å². The maximum Gasteiger partial charge on any atom is 0.244 e. The number of halogens is 1. The minimum atomic E-state index is -3.95. The molecular formula is C31H38ClN3O5S. The Morgan fingerprint density at radius 1 is 0.976 bits per heavy atom. The zero-order valence-corrected chi connectivity index (χ0v) is 25.7. The number of ether oxygens (including phenoxy) is 1. The number of aryl methyl sites for hydroxylation is 1. The van der Waals surface area contributed by atoms with Crippen molar-refractivity contribution in [2.75, 3.05) is 30.8 Å². The molecule has 1 atom stereocenters. The first-order chi connectivity index (χ1) is 19.4. The summed E-state index contributed by atoms with van der Waals surface area (Å²) in [5.74, 6) is -0.408. The summed E-state index contributed by atoms with van der Waals surface area (Å²) in [7, 11) is -2.54. The van der Waals surface area contributed by atoms with E-state index in [4.69, 9.17) is 16.3 Å². The number of amides is 2. The van der Waals surface area contributed by atoms with Gasteiger partial charge in [0.2, 0.25) is 21.8 Å². The molecule has 8 nitrogen and oxygen atoms in total. The van der Waals surface area contributed by atoms with Crippen LogP contribution in [0.4, 0.5) is 5.69 Å². The van der Waals surface area contributed by atoms with Crippen molar-refractivity contribution in [2.45, 2.75) is 39.8 Å². The molecule has 0 radical (unpaired) electrons. The molecule has 10 heteroatoms. The Morgan fingerprint density at radius 3 is 2.22 bits per heavy atom. The average Bonchev–Trinajstić information content (AvgIpc) is 2.93. The summed E-state index contributed by atoms with van der Waals surface area (Å²) in [6.45, 7) is 5.94. The number of methoxy groups -OCH3 is 1. The second-order valence-electron chi connectivity index (χ2n) is 10.4. The lowest BCUT2D eigenvalue weighted by atomic mass is 10.0. The van der Waals surface area contributed by atoms with E-state index in [0.717, 1.165) is 27.3 Å². The van der Waals surface area contributed by atoms with Crippen LogP contribution < -0.4 is 14.4 Å². The number of rotatable bonds is 13. The van der Waals surface area contributed by atoms with Crippen LogP contribution >= 0.6 is 11.6 Å². The molecule has 3 aromatic rings. The van der Waals surface area contributed by atoms with E-state index in [0.29, 0.717) is 6.54 Å². The Morgan fingerprint density at radius 2 is 1.63 bits per heavy atom. The molecule has 3 rings (SSSR count). The van der Waals surface area contributed by atoms with Gasteiger partial charge in [-0.1, -0.05) is 85.6 Å². The molecule has 0 heterocycles. The number of nitrogens with zero attached hydrogens (tertiary/aromatic N) is 2. The highest BCUT2D eigenvalue weighted by atomic mass is 35.5. The van der Waals surface area contributed by atoms with E-state index in [9.17, 15) is 18.0 Å². The van der Waals surface area contributed by atoms with Gasteiger partial charge < -0.3 is 15.0 Å². The largest absolute Gasteiger partial charge is 0.495 e. The molecule has 1 N–H and O–H groups in total. The van der Waals surface area contributed by atoms with E-state index in [1.54, 1.807) is 12.1 Å². The molecule has 0 unspecified atom stereocenters. The van der Waals surface area contributed by atoms with Crippen LogP contribution in [-0.2, 0) is 32.6 Å². The normalized spacial score (nSPS) is 12.1. The Labute approximate surface area is 248 Å². The first-order valence-electron chi connectivity index (χ1n) is 13.4. The van der Waals surface area contributed by atoms with Gasteiger partial charge in [0, 0.05) is 24.5 Å². The summed E-state index contributed by atoms with van der Waals surface area (Å²) < 4.78 is 32.4. The Hall–Kier alpha value is -3.56. The fraction of sp³-hybridized carbons (Fsp3) is 0.355. The standard InChI is InChI=1S/C31H38ClN3O5S/c1-22(2)19-33-31(37)28(17-24-9-7-6-8-10-24)34(20-25-13-11-23(3)12-14-25)30(36)21-35(41(5,38)39)27-18-26(32)15-16-29(27)40-4/h6-16,18,22,28H,17,19-21H2,1-5H3,(H,33,37)/t28-/m1/s1. The molecule has 0 saturated heterocycles. The maximum absolute atomic E-state index is 14.2. The van der Waals surface area contributed by atoms with Gasteiger partial charge in [-0.2, -0.15) is 0 Å². The van der Waals surface area contributed by atoms with Gasteiger partial charge in [0.25, 0.3) is 0 Å². The van der Waals surface area contributed by atoms with Gasteiger partial charge in [0.05, 0.1) is 19.1 Å². The number of anilines is 1. The fourth-order valence-electron chi connectivity index (χ4n) is 4.32. The quantitative estimate of drug-likeness (QED) is 0.303.